The van der Waals surface area contributed by atoms with Crippen molar-refractivity contribution in [1.82, 2.24) is 15.5 Å². The van der Waals surface area contributed by atoms with Gasteiger partial charge in [-0.2, -0.15) is 5.10 Å². The largest absolute Gasteiger partial charge is 0.381 e. The molecule has 0 bridgehead atoms. The molecule has 5 nitrogen and oxygen atoms in total. The van der Waals surface area contributed by atoms with Crippen LogP contribution >= 0.6 is 0 Å². The smallest absolute Gasteiger partial charge is 0.150 e. The molecule has 1 N–H and O–H groups in total. The number of nitrogens with one attached hydrogen (secondary N) is 1. The van der Waals surface area contributed by atoms with Crippen molar-refractivity contribution < 1.29 is 4.74 Å². The molecule has 0 aromatic carbocycles. The van der Waals surface area contributed by atoms with Crippen molar-refractivity contribution in [3.63, 3.8) is 0 Å². The van der Waals surface area contributed by atoms with Crippen LogP contribution in [0.3, 0.4) is 0 Å². The van der Waals surface area contributed by atoms with Crippen molar-refractivity contribution in [3.05, 3.63) is 17.8 Å². The summed E-state index contributed by atoms with van der Waals surface area (Å²) in [4.78, 5) is 2.18. The fraction of sp³-hybridized carbons (Fsp3) is 0.733. The fourth-order valence-corrected chi connectivity index (χ4v) is 2.62. The highest BCUT2D eigenvalue weighted by Gasteiger charge is 2.20. The van der Waals surface area contributed by atoms with Crippen LogP contribution in [0.25, 0.3) is 0 Å². The zero-order valence-electron chi connectivity index (χ0n) is 12.2. The van der Waals surface area contributed by atoms with Crippen LogP contribution in [0.2, 0.25) is 0 Å². The molecule has 1 unspecified atom stereocenters. The number of rotatable bonds is 6. The Morgan fingerprint density at radius 1 is 1.30 bits per heavy atom. The monoisotopic (exact) mass is 276 g/mol. The number of hydrogen-bond acceptors (Lipinski definition) is 5. The highest BCUT2D eigenvalue weighted by atomic mass is 16.5. The number of aromatic nitrogens is 2. The Hall–Kier alpha value is -1.20. The molecule has 1 aliphatic heterocycles. The third-order valence-corrected chi connectivity index (χ3v) is 4.03. The number of anilines is 1. The molecule has 110 valence electrons. The summed E-state index contributed by atoms with van der Waals surface area (Å²) >= 11 is 0. The summed E-state index contributed by atoms with van der Waals surface area (Å²) in [6.45, 7) is 3.62. The van der Waals surface area contributed by atoms with Gasteiger partial charge in [0.25, 0.3) is 0 Å². The van der Waals surface area contributed by atoms with Crippen LogP contribution in [0.5, 0.6) is 0 Å². The first kappa shape index (κ1) is 13.8. The minimum absolute atomic E-state index is 0.617. The Kier molecular flexibility index (Phi) is 4.47. The molecule has 0 spiro atoms. The minimum atomic E-state index is 0.617. The predicted octanol–water partition coefficient (Wildman–Crippen LogP) is 1.59. The van der Waals surface area contributed by atoms with Crippen molar-refractivity contribution >= 4 is 5.82 Å². The van der Waals surface area contributed by atoms with Crippen molar-refractivity contribution in [2.75, 3.05) is 31.7 Å². The second kappa shape index (κ2) is 6.50. The Balaban J connectivity index is 1.49. The molecule has 3 rings (SSSR count). The SMILES string of the molecule is CN(CC1CCCOC1)c1ccc(CNC2CC2)nn1. The topological polar surface area (TPSA) is 50.3 Å². The highest BCUT2D eigenvalue weighted by Crippen LogP contribution is 2.19. The number of ether oxygens (including phenoxy) is 1. The van der Waals surface area contributed by atoms with Gasteiger partial charge in [-0.05, 0) is 43.7 Å². The number of nitrogens with zero attached hydrogens (tertiary/aromatic N) is 3. The van der Waals surface area contributed by atoms with Crippen LogP contribution < -0.4 is 10.2 Å². The standard InChI is InChI=1S/C15H24N4O/c1-19(10-12-3-2-8-20-11-12)15-7-6-14(17-18-15)9-16-13-4-5-13/h6-7,12-13,16H,2-5,8-11H2,1H3. The van der Waals surface area contributed by atoms with Crippen LogP contribution in [0.15, 0.2) is 12.1 Å². The molecule has 1 atom stereocenters. The summed E-state index contributed by atoms with van der Waals surface area (Å²) in [6, 6.07) is 4.86. The van der Waals surface area contributed by atoms with E-state index < -0.39 is 0 Å². The second-order valence-electron chi connectivity index (χ2n) is 6.00. The van der Waals surface area contributed by atoms with Crippen LogP contribution in [0.4, 0.5) is 5.82 Å². The van der Waals surface area contributed by atoms with Gasteiger partial charge in [-0.3, -0.25) is 0 Å². The molecule has 1 aromatic heterocycles. The first-order chi connectivity index (χ1) is 9.81. The van der Waals surface area contributed by atoms with E-state index in [2.05, 4.69) is 39.6 Å². The van der Waals surface area contributed by atoms with Gasteiger partial charge < -0.3 is 15.0 Å². The Morgan fingerprint density at radius 2 is 2.20 bits per heavy atom. The summed E-state index contributed by atoms with van der Waals surface area (Å²) in [6.07, 6.45) is 5.03. The molecule has 20 heavy (non-hydrogen) atoms. The van der Waals surface area contributed by atoms with E-state index in [1.54, 1.807) is 0 Å². The van der Waals surface area contributed by atoms with E-state index in [-0.39, 0.29) is 0 Å². The average molecular weight is 276 g/mol. The van der Waals surface area contributed by atoms with Gasteiger partial charge in [0.2, 0.25) is 0 Å². The molecule has 2 aliphatic rings. The van der Waals surface area contributed by atoms with Gasteiger partial charge in [0.15, 0.2) is 5.82 Å². The molecular weight excluding hydrogens is 252 g/mol. The predicted molar refractivity (Wildman–Crippen MR) is 78.7 cm³/mol. The van der Waals surface area contributed by atoms with Gasteiger partial charge in [-0.1, -0.05) is 0 Å². The molecule has 1 saturated heterocycles. The lowest BCUT2D eigenvalue weighted by molar-refractivity contribution is 0.0576. The first-order valence-corrected chi connectivity index (χ1v) is 7.66. The lowest BCUT2D eigenvalue weighted by Crippen LogP contribution is -2.31. The summed E-state index contributed by atoms with van der Waals surface area (Å²) in [7, 11) is 2.08. The zero-order chi connectivity index (χ0) is 13.8. The van der Waals surface area contributed by atoms with Crippen molar-refractivity contribution in [2.24, 2.45) is 5.92 Å². The van der Waals surface area contributed by atoms with E-state index in [0.717, 1.165) is 37.8 Å². The molecule has 2 fully saturated rings. The maximum atomic E-state index is 5.53. The normalized spacial score (nSPS) is 22.8. The second-order valence-corrected chi connectivity index (χ2v) is 6.00. The lowest BCUT2D eigenvalue weighted by Gasteiger charge is -2.27. The highest BCUT2D eigenvalue weighted by molar-refractivity contribution is 5.36. The van der Waals surface area contributed by atoms with Crippen LogP contribution in [0, 0.1) is 5.92 Å². The molecule has 0 radical (unpaired) electrons. The van der Waals surface area contributed by atoms with Crippen LogP contribution in [0.1, 0.15) is 31.4 Å². The summed E-state index contributed by atoms with van der Waals surface area (Å²) in [5.74, 6) is 1.57. The Labute approximate surface area is 120 Å². The van der Waals surface area contributed by atoms with E-state index in [1.165, 1.54) is 25.7 Å². The van der Waals surface area contributed by atoms with Crippen molar-refractivity contribution in [3.8, 4) is 0 Å². The summed E-state index contributed by atoms with van der Waals surface area (Å²) in [5, 5.41) is 12.1. The van der Waals surface area contributed by atoms with Crippen LogP contribution in [-0.2, 0) is 11.3 Å². The van der Waals surface area contributed by atoms with E-state index in [9.17, 15) is 0 Å². The third kappa shape index (κ3) is 3.90. The molecule has 1 saturated carbocycles. The summed E-state index contributed by atoms with van der Waals surface area (Å²) < 4.78 is 5.53. The van der Waals surface area contributed by atoms with E-state index >= 15 is 0 Å². The first-order valence-electron chi connectivity index (χ1n) is 7.66. The van der Waals surface area contributed by atoms with Crippen molar-refractivity contribution in [1.29, 1.82) is 0 Å². The van der Waals surface area contributed by atoms with Gasteiger partial charge in [-0.25, -0.2) is 0 Å². The lowest BCUT2D eigenvalue weighted by atomic mass is 10.0. The zero-order valence-corrected chi connectivity index (χ0v) is 12.2. The van der Waals surface area contributed by atoms with Crippen molar-refractivity contribution in [2.45, 2.75) is 38.3 Å². The maximum absolute atomic E-state index is 5.53. The maximum Gasteiger partial charge on any atom is 0.150 e. The fourth-order valence-electron chi connectivity index (χ4n) is 2.62. The van der Waals surface area contributed by atoms with Crippen LogP contribution in [-0.4, -0.2) is 43.0 Å². The molecule has 1 aromatic rings. The molecule has 2 heterocycles. The van der Waals surface area contributed by atoms with Gasteiger partial charge >= 0.3 is 0 Å². The van der Waals surface area contributed by atoms with E-state index in [1.807, 2.05) is 0 Å². The molecule has 1 aliphatic carbocycles. The minimum Gasteiger partial charge on any atom is -0.381 e. The molecular formula is C15H24N4O. The van der Waals surface area contributed by atoms with Gasteiger partial charge in [0, 0.05) is 32.8 Å². The average Bonchev–Trinajstić information content (AvgIpc) is 3.31. The van der Waals surface area contributed by atoms with Gasteiger partial charge in [-0.15, -0.1) is 5.10 Å². The van der Waals surface area contributed by atoms with E-state index in [4.69, 9.17) is 4.74 Å². The van der Waals surface area contributed by atoms with Gasteiger partial charge in [0.05, 0.1) is 12.3 Å². The quantitative estimate of drug-likeness (QED) is 0.855. The summed E-state index contributed by atoms with van der Waals surface area (Å²) in [5.41, 5.74) is 1.02. The Morgan fingerprint density at radius 3 is 2.85 bits per heavy atom. The van der Waals surface area contributed by atoms with Gasteiger partial charge in [0.1, 0.15) is 0 Å². The molecule has 5 heteroatoms. The molecule has 0 amide bonds. The third-order valence-electron chi connectivity index (χ3n) is 4.03. The number of hydrogen-bond donors (Lipinski definition) is 1. The Bertz CT molecular complexity index is 412. The van der Waals surface area contributed by atoms with E-state index in [0.29, 0.717) is 12.0 Å².